The zero-order valence-electron chi connectivity index (χ0n) is 17.7. The van der Waals surface area contributed by atoms with Crippen molar-refractivity contribution < 1.29 is 9.59 Å². The van der Waals surface area contributed by atoms with Crippen LogP contribution in [0, 0.1) is 6.92 Å². The van der Waals surface area contributed by atoms with Crippen molar-refractivity contribution in [3.8, 4) is 11.1 Å². The minimum atomic E-state index is -0.383. The van der Waals surface area contributed by atoms with Crippen molar-refractivity contribution in [3.05, 3.63) is 47.8 Å². The monoisotopic (exact) mass is 405 g/mol. The lowest BCUT2D eigenvalue weighted by Crippen LogP contribution is -2.58. The summed E-state index contributed by atoms with van der Waals surface area (Å²) >= 11 is 0. The molecule has 3 heterocycles. The number of aryl methyl sites for hydroxylation is 1. The number of rotatable bonds is 5. The Morgan fingerprint density at radius 2 is 2.03 bits per heavy atom. The number of carbonyl (C=O) groups is 2. The van der Waals surface area contributed by atoms with Crippen LogP contribution in [0.25, 0.3) is 22.2 Å². The highest BCUT2D eigenvalue weighted by molar-refractivity contribution is 5.99. The Morgan fingerprint density at radius 3 is 2.80 bits per heavy atom. The highest BCUT2D eigenvalue weighted by Crippen LogP contribution is 2.26. The first kappa shape index (κ1) is 20.1. The number of hydrogen-bond acceptors (Lipinski definition) is 4. The van der Waals surface area contributed by atoms with Crippen LogP contribution in [0.1, 0.15) is 42.7 Å². The van der Waals surface area contributed by atoms with Crippen LogP contribution >= 0.6 is 0 Å². The van der Waals surface area contributed by atoms with Crippen molar-refractivity contribution in [1.29, 1.82) is 0 Å². The van der Waals surface area contributed by atoms with Crippen LogP contribution in [-0.2, 0) is 4.79 Å². The predicted octanol–water partition coefficient (Wildman–Crippen LogP) is 3.41. The normalized spacial score (nSPS) is 17.0. The summed E-state index contributed by atoms with van der Waals surface area (Å²) in [5.74, 6) is -0.0341. The van der Waals surface area contributed by atoms with Crippen molar-refractivity contribution >= 4 is 22.8 Å². The molecule has 1 N–H and O–H groups in total. The summed E-state index contributed by atoms with van der Waals surface area (Å²) in [5, 5.41) is 8.09. The van der Waals surface area contributed by atoms with E-state index in [2.05, 4.69) is 15.2 Å². The molecule has 1 aliphatic rings. The third-order valence-electron chi connectivity index (χ3n) is 5.83. The molecule has 156 valence electrons. The summed E-state index contributed by atoms with van der Waals surface area (Å²) in [5.41, 5.74) is 4.08. The number of benzene rings is 1. The van der Waals surface area contributed by atoms with Gasteiger partial charge in [-0.3, -0.25) is 14.7 Å². The lowest BCUT2D eigenvalue weighted by molar-refractivity contribution is -0.140. The van der Waals surface area contributed by atoms with Gasteiger partial charge >= 0.3 is 0 Å². The summed E-state index contributed by atoms with van der Waals surface area (Å²) in [6, 6.07) is 9.22. The minimum Gasteiger partial charge on any atom is -0.339 e. The maximum atomic E-state index is 13.4. The number of H-pyrrole nitrogens is 1. The van der Waals surface area contributed by atoms with Gasteiger partial charge in [-0.05, 0) is 44.0 Å². The first-order valence-electron chi connectivity index (χ1n) is 10.5. The average molecular weight is 406 g/mol. The van der Waals surface area contributed by atoms with Gasteiger partial charge in [-0.15, -0.1) is 0 Å². The quantitative estimate of drug-likeness (QED) is 0.705. The molecule has 3 aromatic rings. The van der Waals surface area contributed by atoms with Crippen LogP contribution < -0.4 is 0 Å². The van der Waals surface area contributed by atoms with Gasteiger partial charge in [-0.25, -0.2) is 4.98 Å². The second kappa shape index (κ2) is 8.26. The van der Waals surface area contributed by atoms with E-state index in [0.717, 1.165) is 28.6 Å². The van der Waals surface area contributed by atoms with E-state index in [1.54, 1.807) is 11.1 Å². The first-order chi connectivity index (χ1) is 14.5. The summed E-state index contributed by atoms with van der Waals surface area (Å²) in [6.45, 7) is 7.81. The van der Waals surface area contributed by atoms with E-state index >= 15 is 0 Å². The number of pyridine rings is 1. The lowest BCUT2D eigenvalue weighted by atomic mass is 10.0. The van der Waals surface area contributed by atoms with E-state index in [0.29, 0.717) is 37.3 Å². The fourth-order valence-corrected chi connectivity index (χ4v) is 4.12. The first-order valence-corrected chi connectivity index (χ1v) is 10.5. The zero-order chi connectivity index (χ0) is 21.3. The van der Waals surface area contributed by atoms with Gasteiger partial charge in [0.15, 0.2) is 5.65 Å². The van der Waals surface area contributed by atoms with Crippen molar-refractivity contribution in [1.82, 2.24) is 25.0 Å². The molecule has 1 fully saturated rings. The van der Waals surface area contributed by atoms with E-state index in [9.17, 15) is 9.59 Å². The van der Waals surface area contributed by atoms with E-state index < -0.39 is 0 Å². The van der Waals surface area contributed by atoms with Crippen molar-refractivity contribution in [2.45, 2.75) is 39.7 Å². The highest BCUT2D eigenvalue weighted by Gasteiger charge is 2.36. The van der Waals surface area contributed by atoms with Crippen molar-refractivity contribution in [2.75, 3.05) is 19.6 Å². The molecule has 1 aromatic carbocycles. The third-order valence-corrected chi connectivity index (χ3v) is 5.83. The summed E-state index contributed by atoms with van der Waals surface area (Å²) < 4.78 is 0. The fraction of sp³-hybridized carbons (Fsp3) is 0.391. The molecule has 1 aliphatic heterocycles. The molecule has 7 heteroatoms. The van der Waals surface area contributed by atoms with E-state index in [4.69, 9.17) is 0 Å². The molecule has 1 atom stereocenters. The molecule has 2 amide bonds. The number of piperazine rings is 1. The summed E-state index contributed by atoms with van der Waals surface area (Å²) in [7, 11) is 0. The Kier molecular flexibility index (Phi) is 5.53. The molecule has 1 saturated heterocycles. The summed E-state index contributed by atoms with van der Waals surface area (Å²) in [6.07, 6.45) is 3.31. The van der Waals surface area contributed by atoms with Crippen LogP contribution in [0.3, 0.4) is 0 Å². The molecule has 2 aromatic heterocycles. The van der Waals surface area contributed by atoms with E-state index in [-0.39, 0.29) is 17.9 Å². The largest absolute Gasteiger partial charge is 0.339 e. The van der Waals surface area contributed by atoms with Crippen LogP contribution in [0.4, 0.5) is 0 Å². The van der Waals surface area contributed by atoms with Gasteiger partial charge in [-0.1, -0.05) is 25.5 Å². The van der Waals surface area contributed by atoms with Gasteiger partial charge in [0.1, 0.15) is 6.04 Å². The number of likely N-dealkylation sites (N-methyl/N-ethyl adjacent to an activating group) is 1. The fourth-order valence-electron chi connectivity index (χ4n) is 4.12. The molecule has 30 heavy (non-hydrogen) atoms. The standard InChI is InChI=1S/C23H27N5O2/c1-4-7-20-23(30)27(5-2)10-11-28(20)22(29)17-9-6-8-16(12-17)18-13-19-15(3)25-26-21(19)24-14-18/h6,8-9,12-14,20H,4-5,7,10-11H2,1-3H3,(H,24,25,26). The molecule has 0 radical (unpaired) electrons. The number of aromatic amines is 1. The molecular formula is C23H27N5O2. The van der Waals surface area contributed by atoms with Gasteiger partial charge < -0.3 is 9.80 Å². The molecule has 4 rings (SSSR count). The Morgan fingerprint density at radius 1 is 1.20 bits per heavy atom. The third kappa shape index (κ3) is 3.56. The molecular weight excluding hydrogens is 378 g/mol. The van der Waals surface area contributed by atoms with Crippen LogP contribution in [0.5, 0.6) is 0 Å². The average Bonchev–Trinajstić information content (AvgIpc) is 3.15. The van der Waals surface area contributed by atoms with Gasteiger partial charge in [0.25, 0.3) is 5.91 Å². The van der Waals surface area contributed by atoms with Crippen LogP contribution in [0.2, 0.25) is 0 Å². The van der Waals surface area contributed by atoms with Crippen LogP contribution in [0.15, 0.2) is 36.5 Å². The highest BCUT2D eigenvalue weighted by atomic mass is 16.2. The number of nitrogens with zero attached hydrogens (tertiary/aromatic N) is 4. The number of hydrogen-bond donors (Lipinski definition) is 1. The van der Waals surface area contributed by atoms with Crippen molar-refractivity contribution in [2.24, 2.45) is 0 Å². The van der Waals surface area contributed by atoms with Gasteiger partial charge in [0.2, 0.25) is 5.91 Å². The molecule has 0 bridgehead atoms. The van der Waals surface area contributed by atoms with Crippen molar-refractivity contribution in [3.63, 3.8) is 0 Å². The van der Waals surface area contributed by atoms with Gasteiger partial charge in [0.05, 0.1) is 0 Å². The van der Waals surface area contributed by atoms with Gasteiger partial charge in [-0.2, -0.15) is 5.10 Å². The lowest BCUT2D eigenvalue weighted by Gasteiger charge is -2.40. The maximum Gasteiger partial charge on any atom is 0.254 e. The van der Waals surface area contributed by atoms with Crippen LogP contribution in [-0.4, -0.2) is 62.5 Å². The Balaban J connectivity index is 1.64. The molecule has 0 aliphatic carbocycles. The zero-order valence-corrected chi connectivity index (χ0v) is 17.7. The van der Waals surface area contributed by atoms with E-state index in [1.165, 1.54) is 0 Å². The maximum absolute atomic E-state index is 13.4. The topological polar surface area (TPSA) is 82.2 Å². The second-order valence-electron chi connectivity index (χ2n) is 7.75. The number of carbonyl (C=O) groups excluding carboxylic acids is 2. The van der Waals surface area contributed by atoms with E-state index in [1.807, 2.05) is 56.0 Å². The number of fused-ring (bicyclic) bond motifs is 1. The Bertz CT molecular complexity index is 1090. The molecule has 1 unspecified atom stereocenters. The predicted molar refractivity (Wildman–Crippen MR) is 116 cm³/mol. The summed E-state index contributed by atoms with van der Waals surface area (Å²) in [4.78, 5) is 34.2. The Hall–Kier alpha value is -3.22. The smallest absolute Gasteiger partial charge is 0.254 e. The SMILES string of the molecule is CCCC1C(=O)N(CC)CCN1C(=O)c1cccc(-c2cnc3n[nH]c(C)c3c2)c1. The molecule has 0 saturated carbocycles. The number of aromatic nitrogens is 3. The molecule has 0 spiro atoms. The minimum absolute atomic E-state index is 0.0557. The second-order valence-corrected chi connectivity index (χ2v) is 7.75. The van der Waals surface area contributed by atoms with Gasteiger partial charge in [0, 0.05) is 48.0 Å². The molecule has 7 nitrogen and oxygen atoms in total. The Labute approximate surface area is 176 Å². The number of nitrogens with one attached hydrogen (secondary N) is 1. The number of amides is 2.